The van der Waals surface area contributed by atoms with Crippen molar-refractivity contribution in [3.05, 3.63) is 0 Å². The van der Waals surface area contributed by atoms with Crippen LogP contribution in [0.5, 0.6) is 0 Å². The molecule has 3 heteroatoms. The van der Waals surface area contributed by atoms with E-state index in [1.807, 2.05) is 11.8 Å². The molecule has 1 heterocycles. The lowest BCUT2D eigenvalue weighted by atomic mass is 9.96. The summed E-state index contributed by atoms with van der Waals surface area (Å²) in [7, 11) is 0. The molecular formula is C11H24N2S. The van der Waals surface area contributed by atoms with Gasteiger partial charge < -0.3 is 10.6 Å². The highest BCUT2D eigenvalue weighted by Crippen LogP contribution is 2.16. The molecule has 0 aromatic rings. The van der Waals surface area contributed by atoms with Gasteiger partial charge in [-0.1, -0.05) is 6.42 Å². The van der Waals surface area contributed by atoms with E-state index in [1.54, 1.807) is 0 Å². The van der Waals surface area contributed by atoms with Crippen molar-refractivity contribution in [2.45, 2.75) is 25.7 Å². The minimum absolute atomic E-state index is 0.784. The predicted molar refractivity (Wildman–Crippen MR) is 65.8 cm³/mol. The third-order valence-corrected chi connectivity index (χ3v) is 3.73. The van der Waals surface area contributed by atoms with E-state index in [4.69, 9.17) is 5.73 Å². The second-order valence-corrected chi connectivity index (χ2v) is 5.21. The van der Waals surface area contributed by atoms with Gasteiger partial charge in [-0.15, -0.1) is 0 Å². The Balaban J connectivity index is 2.23. The molecule has 1 rings (SSSR count). The molecule has 2 nitrogen and oxygen atoms in total. The van der Waals surface area contributed by atoms with E-state index in [0.29, 0.717) is 0 Å². The molecule has 14 heavy (non-hydrogen) atoms. The van der Waals surface area contributed by atoms with Crippen LogP contribution in [0.1, 0.15) is 25.7 Å². The highest BCUT2D eigenvalue weighted by atomic mass is 32.2. The summed E-state index contributed by atoms with van der Waals surface area (Å²) < 4.78 is 0. The summed E-state index contributed by atoms with van der Waals surface area (Å²) in [6.07, 6.45) is 7.59. The van der Waals surface area contributed by atoms with Crippen molar-refractivity contribution in [2.75, 3.05) is 38.2 Å². The summed E-state index contributed by atoms with van der Waals surface area (Å²) in [5.74, 6) is 2.06. The van der Waals surface area contributed by atoms with E-state index in [1.165, 1.54) is 51.1 Å². The molecule has 0 amide bonds. The first kappa shape index (κ1) is 12.3. The Hall–Kier alpha value is 0.270. The summed E-state index contributed by atoms with van der Waals surface area (Å²) in [5.41, 5.74) is 5.75. The fraction of sp³-hybridized carbons (Fsp3) is 1.00. The van der Waals surface area contributed by atoms with Crippen molar-refractivity contribution in [3.63, 3.8) is 0 Å². The Labute approximate surface area is 92.6 Å². The maximum Gasteiger partial charge on any atom is 0.00722 e. The molecule has 1 unspecified atom stereocenters. The third-order valence-electron chi connectivity index (χ3n) is 3.14. The quantitative estimate of drug-likeness (QED) is 0.777. The fourth-order valence-corrected chi connectivity index (χ4v) is 2.51. The highest BCUT2D eigenvalue weighted by molar-refractivity contribution is 7.98. The number of nitrogens with zero attached hydrogens (tertiary/aromatic N) is 1. The lowest BCUT2D eigenvalue weighted by Crippen LogP contribution is -2.32. The molecular weight excluding hydrogens is 192 g/mol. The van der Waals surface area contributed by atoms with Crippen LogP contribution in [0.15, 0.2) is 0 Å². The Kier molecular flexibility index (Phi) is 6.65. The second kappa shape index (κ2) is 7.55. The molecule has 0 saturated carbocycles. The maximum absolute atomic E-state index is 5.75. The van der Waals surface area contributed by atoms with Crippen molar-refractivity contribution in [1.29, 1.82) is 0 Å². The molecule has 1 aliphatic rings. The summed E-state index contributed by atoms with van der Waals surface area (Å²) in [5, 5.41) is 0. The summed E-state index contributed by atoms with van der Waals surface area (Å²) in [6, 6.07) is 0. The molecule has 0 bridgehead atoms. The average Bonchev–Trinajstić information content (AvgIpc) is 2.17. The second-order valence-electron chi connectivity index (χ2n) is 4.22. The normalized spacial score (nSPS) is 25.7. The van der Waals surface area contributed by atoms with Crippen LogP contribution in [-0.4, -0.2) is 43.1 Å². The first-order chi connectivity index (χ1) is 6.86. The molecule has 0 aliphatic carbocycles. The van der Waals surface area contributed by atoms with E-state index in [-0.39, 0.29) is 0 Å². The van der Waals surface area contributed by atoms with Crippen LogP contribution in [-0.2, 0) is 0 Å². The van der Waals surface area contributed by atoms with Crippen LogP contribution in [0.25, 0.3) is 0 Å². The van der Waals surface area contributed by atoms with E-state index in [2.05, 4.69) is 11.2 Å². The first-order valence-electron chi connectivity index (χ1n) is 5.78. The van der Waals surface area contributed by atoms with Crippen molar-refractivity contribution in [1.82, 2.24) is 4.90 Å². The lowest BCUT2D eigenvalue weighted by Gasteiger charge is -2.27. The third kappa shape index (κ3) is 4.67. The molecule has 1 atom stereocenters. The average molecular weight is 216 g/mol. The van der Waals surface area contributed by atoms with Gasteiger partial charge in [-0.3, -0.25) is 0 Å². The van der Waals surface area contributed by atoms with Crippen LogP contribution < -0.4 is 5.73 Å². The minimum Gasteiger partial charge on any atom is -0.330 e. The van der Waals surface area contributed by atoms with Crippen molar-refractivity contribution >= 4 is 11.8 Å². The topological polar surface area (TPSA) is 29.3 Å². The Bertz CT molecular complexity index is 139. The van der Waals surface area contributed by atoms with Crippen LogP contribution in [0.2, 0.25) is 0 Å². The van der Waals surface area contributed by atoms with Gasteiger partial charge in [0.2, 0.25) is 0 Å². The van der Waals surface area contributed by atoms with Gasteiger partial charge in [0.05, 0.1) is 0 Å². The van der Waals surface area contributed by atoms with Gasteiger partial charge in [0.25, 0.3) is 0 Å². The molecule has 0 aromatic carbocycles. The number of likely N-dealkylation sites (tertiary alicyclic amines) is 1. The number of hydrogen-bond donors (Lipinski definition) is 1. The van der Waals surface area contributed by atoms with Gasteiger partial charge in [0.1, 0.15) is 0 Å². The van der Waals surface area contributed by atoms with Gasteiger partial charge in [-0.05, 0) is 51.1 Å². The standard InChI is InChI=1S/C11H24N2S/c1-14-9-8-13-6-3-2-4-11(10-12)5-7-13/h11H,2-10,12H2,1H3. The van der Waals surface area contributed by atoms with Gasteiger partial charge >= 0.3 is 0 Å². The van der Waals surface area contributed by atoms with Gasteiger partial charge in [0.15, 0.2) is 0 Å². The number of nitrogens with two attached hydrogens (primary N) is 1. The molecule has 2 N–H and O–H groups in total. The molecule has 1 saturated heterocycles. The Morgan fingerprint density at radius 3 is 2.86 bits per heavy atom. The fourth-order valence-electron chi connectivity index (χ4n) is 2.07. The molecule has 84 valence electrons. The number of hydrogen-bond acceptors (Lipinski definition) is 3. The van der Waals surface area contributed by atoms with Gasteiger partial charge in [-0.2, -0.15) is 11.8 Å². The van der Waals surface area contributed by atoms with Crippen LogP contribution in [0.4, 0.5) is 0 Å². The SMILES string of the molecule is CSCCN1CCCCC(CN)CC1. The molecule has 0 spiro atoms. The largest absolute Gasteiger partial charge is 0.330 e. The molecule has 0 aromatic heterocycles. The van der Waals surface area contributed by atoms with Crippen LogP contribution >= 0.6 is 11.8 Å². The molecule has 1 aliphatic heterocycles. The first-order valence-corrected chi connectivity index (χ1v) is 7.17. The predicted octanol–water partition coefficient (Wildman–Crippen LogP) is 1.80. The zero-order valence-corrected chi connectivity index (χ0v) is 10.2. The molecule has 0 radical (unpaired) electrons. The molecule has 1 fully saturated rings. The van der Waals surface area contributed by atoms with E-state index >= 15 is 0 Å². The summed E-state index contributed by atoms with van der Waals surface area (Å²) >= 11 is 1.95. The number of thioether (sulfide) groups is 1. The van der Waals surface area contributed by atoms with E-state index < -0.39 is 0 Å². The van der Waals surface area contributed by atoms with Gasteiger partial charge in [-0.25, -0.2) is 0 Å². The Morgan fingerprint density at radius 2 is 2.14 bits per heavy atom. The zero-order valence-electron chi connectivity index (χ0n) is 9.37. The summed E-state index contributed by atoms with van der Waals surface area (Å²) in [6.45, 7) is 4.72. The zero-order chi connectivity index (χ0) is 10.2. The maximum atomic E-state index is 5.75. The lowest BCUT2D eigenvalue weighted by molar-refractivity contribution is 0.232. The van der Waals surface area contributed by atoms with Crippen LogP contribution in [0, 0.1) is 5.92 Å². The van der Waals surface area contributed by atoms with E-state index in [9.17, 15) is 0 Å². The van der Waals surface area contributed by atoms with Crippen molar-refractivity contribution in [3.8, 4) is 0 Å². The summed E-state index contributed by atoms with van der Waals surface area (Å²) in [4.78, 5) is 2.61. The van der Waals surface area contributed by atoms with E-state index in [0.717, 1.165) is 12.5 Å². The smallest absolute Gasteiger partial charge is 0.00722 e. The number of rotatable bonds is 4. The van der Waals surface area contributed by atoms with Crippen LogP contribution in [0.3, 0.4) is 0 Å². The highest BCUT2D eigenvalue weighted by Gasteiger charge is 2.13. The van der Waals surface area contributed by atoms with Crippen molar-refractivity contribution < 1.29 is 0 Å². The monoisotopic (exact) mass is 216 g/mol. The minimum atomic E-state index is 0.784. The van der Waals surface area contributed by atoms with Crippen molar-refractivity contribution in [2.24, 2.45) is 11.7 Å². The van der Waals surface area contributed by atoms with Gasteiger partial charge in [0, 0.05) is 12.3 Å². The Morgan fingerprint density at radius 1 is 1.29 bits per heavy atom.